The van der Waals surface area contributed by atoms with Crippen LogP contribution in [0.4, 0.5) is 0 Å². The molecule has 2 N–H and O–H groups in total. The number of rotatable bonds is 13. The van der Waals surface area contributed by atoms with E-state index < -0.39 is 0 Å². The monoisotopic (exact) mass is 314 g/mol. The number of carbonyl (C=O) groups excluding carboxylic acids is 2. The second kappa shape index (κ2) is 18.1. The van der Waals surface area contributed by atoms with Gasteiger partial charge in [-0.1, -0.05) is 40.5 Å². The summed E-state index contributed by atoms with van der Waals surface area (Å²) in [5.74, 6) is 0.617. The summed E-state index contributed by atoms with van der Waals surface area (Å²) < 4.78 is 0. The molecule has 1 amide bonds. The first-order valence-corrected chi connectivity index (χ1v) is 9.02. The van der Waals surface area contributed by atoms with Crippen LogP contribution >= 0.6 is 0 Å². The van der Waals surface area contributed by atoms with E-state index in [-0.39, 0.29) is 11.8 Å². The average Bonchev–Trinajstić information content (AvgIpc) is 2.52. The van der Waals surface area contributed by atoms with Gasteiger partial charge in [0.15, 0.2) is 0 Å². The van der Waals surface area contributed by atoms with E-state index in [1.165, 1.54) is 0 Å². The predicted octanol–water partition coefficient (Wildman–Crippen LogP) is 3.69. The molecular weight excluding hydrogens is 276 g/mol. The Bertz CT molecular complexity index is 266. The van der Waals surface area contributed by atoms with E-state index >= 15 is 0 Å². The van der Waals surface area contributed by atoms with Crippen molar-refractivity contribution >= 4 is 11.7 Å². The first-order chi connectivity index (χ1) is 10.6. The van der Waals surface area contributed by atoms with E-state index in [0.29, 0.717) is 18.6 Å². The van der Waals surface area contributed by atoms with E-state index in [9.17, 15) is 9.59 Å². The van der Waals surface area contributed by atoms with Crippen molar-refractivity contribution in [2.75, 3.05) is 20.1 Å². The molecule has 0 aromatic heterocycles. The molecule has 0 rings (SSSR count). The molecule has 0 heterocycles. The summed E-state index contributed by atoms with van der Waals surface area (Å²) in [5, 5.41) is 6.06. The zero-order valence-electron chi connectivity index (χ0n) is 15.5. The Kier molecular flexibility index (Phi) is 19.3. The van der Waals surface area contributed by atoms with Gasteiger partial charge in [-0.05, 0) is 39.3 Å². The van der Waals surface area contributed by atoms with Crippen LogP contribution in [0, 0.1) is 5.92 Å². The molecule has 0 aliphatic carbocycles. The van der Waals surface area contributed by atoms with E-state index in [1.807, 2.05) is 34.7 Å². The van der Waals surface area contributed by atoms with Gasteiger partial charge >= 0.3 is 0 Å². The van der Waals surface area contributed by atoms with E-state index in [0.717, 1.165) is 51.6 Å². The molecule has 0 fully saturated rings. The molecule has 132 valence electrons. The van der Waals surface area contributed by atoms with Crippen molar-refractivity contribution in [3.05, 3.63) is 0 Å². The molecule has 0 saturated carbocycles. The number of carbonyl (C=O) groups is 2. The Morgan fingerprint density at radius 3 is 1.95 bits per heavy atom. The van der Waals surface area contributed by atoms with Gasteiger partial charge < -0.3 is 10.6 Å². The zero-order valence-corrected chi connectivity index (χ0v) is 15.5. The van der Waals surface area contributed by atoms with Crippen LogP contribution in [0.15, 0.2) is 0 Å². The van der Waals surface area contributed by atoms with Crippen molar-refractivity contribution < 1.29 is 9.59 Å². The van der Waals surface area contributed by atoms with Gasteiger partial charge in [0.2, 0.25) is 5.91 Å². The third-order valence-corrected chi connectivity index (χ3v) is 3.40. The smallest absolute Gasteiger partial charge is 0.219 e. The molecule has 0 aromatic carbocycles. The maximum absolute atomic E-state index is 11.5. The molecule has 22 heavy (non-hydrogen) atoms. The normalized spacial score (nSPS) is 10.1. The predicted molar refractivity (Wildman–Crippen MR) is 95.1 cm³/mol. The number of nitrogens with one attached hydrogen (secondary N) is 2. The highest BCUT2D eigenvalue weighted by atomic mass is 16.1. The maximum Gasteiger partial charge on any atom is 0.219 e. The van der Waals surface area contributed by atoms with Gasteiger partial charge in [-0.3, -0.25) is 9.59 Å². The molecule has 0 spiro atoms. The van der Waals surface area contributed by atoms with E-state index in [4.69, 9.17) is 0 Å². The standard InChI is InChI=1S/C16H32N2O2.C2H6/c1-14(2)15(19)10-6-4-7-11-16(20)18-13-9-5-8-12-17-3;1-2/h14,17H,4-13H2,1-3H3,(H,18,20);1-2H3. The van der Waals surface area contributed by atoms with Gasteiger partial charge in [0, 0.05) is 25.3 Å². The summed E-state index contributed by atoms with van der Waals surface area (Å²) in [6, 6.07) is 0. The number of ketones is 1. The highest BCUT2D eigenvalue weighted by molar-refractivity contribution is 5.80. The zero-order chi connectivity index (χ0) is 17.2. The third-order valence-electron chi connectivity index (χ3n) is 3.40. The van der Waals surface area contributed by atoms with Crippen LogP contribution in [0.5, 0.6) is 0 Å². The summed E-state index contributed by atoms with van der Waals surface area (Å²) in [6.07, 6.45) is 7.38. The fourth-order valence-electron chi connectivity index (χ4n) is 1.97. The molecule has 0 unspecified atom stereocenters. The Labute approximate surface area is 137 Å². The number of unbranched alkanes of at least 4 members (excludes halogenated alkanes) is 4. The van der Waals surface area contributed by atoms with Gasteiger partial charge in [-0.2, -0.15) is 0 Å². The minimum atomic E-state index is 0.140. The van der Waals surface area contributed by atoms with Crippen LogP contribution in [0.25, 0.3) is 0 Å². The summed E-state index contributed by atoms with van der Waals surface area (Å²) in [4.78, 5) is 23.0. The summed E-state index contributed by atoms with van der Waals surface area (Å²) in [7, 11) is 1.95. The summed E-state index contributed by atoms with van der Waals surface area (Å²) in [5.41, 5.74) is 0. The van der Waals surface area contributed by atoms with E-state index in [1.54, 1.807) is 0 Å². The molecule has 0 saturated heterocycles. The van der Waals surface area contributed by atoms with Crippen molar-refractivity contribution in [3.8, 4) is 0 Å². The Morgan fingerprint density at radius 1 is 0.818 bits per heavy atom. The van der Waals surface area contributed by atoms with Crippen LogP contribution < -0.4 is 10.6 Å². The molecule has 0 bridgehead atoms. The lowest BCUT2D eigenvalue weighted by Gasteiger charge is -2.06. The lowest BCUT2D eigenvalue weighted by molar-refractivity contribution is -0.122. The first kappa shape index (κ1) is 23.4. The topological polar surface area (TPSA) is 58.2 Å². The number of hydrogen-bond acceptors (Lipinski definition) is 3. The van der Waals surface area contributed by atoms with Gasteiger partial charge in [0.25, 0.3) is 0 Å². The lowest BCUT2D eigenvalue weighted by atomic mass is 10.0. The molecule has 0 radical (unpaired) electrons. The minimum absolute atomic E-state index is 0.140. The Morgan fingerprint density at radius 2 is 1.36 bits per heavy atom. The third kappa shape index (κ3) is 17.2. The molecule has 0 atom stereocenters. The first-order valence-electron chi connectivity index (χ1n) is 9.02. The molecule has 0 aliphatic rings. The quantitative estimate of drug-likeness (QED) is 0.510. The number of Topliss-reactive ketones (excluding diaryl/α,β-unsaturated/α-hetero) is 1. The lowest BCUT2D eigenvalue weighted by Crippen LogP contribution is -2.24. The van der Waals surface area contributed by atoms with E-state index in [2.05, 4.69) is 10.6 Å². The average molecular weight is 315 g/mol. The number of hydrogen-bond donors (Lipinski definition) is 2. The fourth-order valence-corrected chi connectivity index (χ4v) is 1.97. The van der Waals surface area contributed by atoms with Gasteiger partial charge in [-0.25, -0.2) is 0 Å². The second-order valence-corrected chi connectivity index (χ2v) is 5.70. The summed E-state index contributed by atoms with van der Waals surface area (Å²) in [6.45, 7) is 9.70. The fraction of sp³-hybridized carbons (Fsp3) is 0.889. The molecule has 4 heteroatoms. The molecular formula is C18H38N2O2. The van der Waals surface area contributed by atoms with Crippen molar-refractivity contribution in [2.24, 2.45) is 5.92 Å². The Balaban J connectivity index is 0. The second-order valence-electron chi connectivity index (χ2n) is 5.70. The van der Waals surface area contributed by atoms with Crippen molar-refractivity contribution in [3.63, 3.8) is 0 Å². The molecule has 0 aliphatic heterocycles. The highest BCUT2D eigenvalue weighted by Gasteiger charge is 2.06. The highest BCUT2D eigenvalue weighted by Crippen LogP contribution is 2.07. The molecule has 4 nitrogen and oxygen atoms in total. The van der Waals surface area contributed by atoms with Crippen molar-refractivity contribution in [1.29, 1.82) is 0 Å². The van der Waals surface area contributed by atoms with Crippen LogP contribution in [-0.4, -0.2) is 31.8 Å². The maximum atomic E-state index is 11.5. The number of amides is 1. The van der Waals surface area contributed by atoms with Crippen LogP contribution in [0.1, 0.15) is 79.1 Å². The minimum Gasteiger partial charge on any atom is -0.356 e. The van der Waals surface area contributed by atoms with Crippen LogP contribution in [0.2, 0.25) is 0 Å². The van der Waals surface area contributed by atoms with Gasteiger partial charge in [0.05, 0.1) is 0 Å². The largest absolute Gasteiger partial charge is 0.356 e. The SMILES string of the molecule is CC.CNCCCCCNC(=O)CCCCCC(=O)C(C)C. The van der Waals surface area contributed by atoms with Crippen molar-refractivity contribution in [1.82, 2.24) is 10.6 Å². The van der Waals surface area contributed by atoms with Crippen LogP contribution in [-0.2, 0) is 9.59 Å². The van der Waals surface area contributed by atoms with Crippen molar-refractivity contribution in [2.45, 2.75) is 79.1 Å². The summed E-state index contributed by atoms with van der Waals surface area (Å²) >= 11 is 0. The van der Waals surface area contributed by atoms with Crippen LogP contribution in [0.3, 0.4) is 0 Å². The van der Waals surface area contributed by atoms with Gasteiger partial charge in [-0.15, -0.1) is 0 Å². The molecule has 0 aromatic rings. The van der Waals surface area contributed by atoms with Gasteiger partial charge in [0.1, 0.15) is 5.78 Å². The Hall–Kier alpha value is -0.900.